The van der Waals surface area contributed by atoms with Gasteiger partial charge in [0.05, 0.1) is 6.04 Å². The third-order valence-corrected chi connectivity index (χ3v) is 5.07. The number of likely N-dealkylation sites (N-methyl/N-ethyl adjacent to an activating group) is 1. The lowest BCUT2D eigenvalue weighted by Gasteiger charge is -2.31. The summed E-state index contributed by atoms with van der Waals surface area (Å²) in [4.78, 5) is 17.2. The normalized spacial score (nSPS) is 37.6. The second-order valence-electron chi connectivity index (χ2n) is 6.13. The van der Waals surface area contributed by atoms with E-state index in [1.54, 1.807) is 0 Å². The number of nitrogens with zero attached hydrogens (tertiary/aromatic N) is 2. The molecule has 3 heterocycles. The standard InChI is InChI=1S/C14H25N3O/c1-16-11-5-6-12(16)10-17(9-7-11)14(18)13-4-2-3-8-15-13/h11-13,15H,2-10H2,1H3/t11?,12?,13-/m0/s1. The molecule has 3 aliphatic rings. The van der Waals surface area contributed by atoms with Crippen LogP contribution in [0.4, 0.5) is 0 Å². The van der Waals surface area contributed by atoms with Crippen molar-refractivity contribution in [2.75, 3.05) is 26.7 Å². The van der Waals surface area contributed by atoms with Crippen molar-refractivity contribution in [3.05, 3.63) is 0 Å². The van der Waals surface area contributed by atoms with Crippen molar-refractivity contribution < 1.29 is 4.79 Å². The molecular weight excluding hydrogens is 226 g/mol. The number of hydrogen-bond donors (Lipinski definition) is 1. The van der Waals surface area contributed by atoms with Crippen LogP contribution in [0, 0.1) is 0 Å². The monoisotopic (exact) mass is 251 g/mol. The fourth-order valence-electron chi connectivity index (χ4n) is 3.79. The number of carbonyl (C=O) groups excluding carboxylic acids is 1. The number of rotatable bonds is 1. The summed E-state index contributed by atoms with van der Waals surface area (Å²) in [6, 6.07) is 1.41. The number of nitrogens with one attached hydrogen (secondary N) is 1. The molecule has 0 aliphatic carbocycles. The third-order valence-electron chi connectivity index (χ3n) is 5.07. The van der Waals surface area contributed by atoms with E-state index in [0.717, 1.165) is 32.5 Å². The second-order valence-corrected chi connectivity index (χ2v) is 6.13. The van der Waals surface area contributed by atoms with Crippen molar-refractivity contribution in [3.8, 4) is 0 Å². The van der Waals surface area contributed by atoms with Gasteiger partial charge in [0.25, 0.3) is 0 Å². The van der Waals surface area contributed by atoms with Crippen LogP contribution in [-0.4, -0.2) is 60.5 Å². The molecule has 1 amide bonds. The smallest absolute Gasteiger partial charge is 0.239 e. The van der Waals surface area contributed by atoms with E-state index in [4.69, 9.17) is 0 Å². The number of carbonyl (C=O) groups is 1. The Morgan fingerprint density at radius 1 is 1.11 bits per heavy atom. The Balaban J connectivity index is 1.63. The van der Waals surface area contributed by atoms with E-state index in [-0.39, 0.29) is 6.04 Å². The average molecular weight is 251 g/mol. The first-order valence-corrected chi connectivity index (χ1v) is 7.50. The summed E-state index contributed by atoms with van der Waals surface area (Å²) in [7, 11) is 2.23. The average Bonchev–Trinajstić information content (AvgIpc) is 2.64. The zero-order chi connectivity index (χ0) is 12.5. The van der Waals surface area contributed by atoms with E-state index in [2.05, 4.69) is 22.2 Å². The van der Waals surface area contributed by atoms with Crippen molar-refractivity contribution in [1.29, 1.82) is 0 Å². The van der Waals surface area contributed by atoms with Crippen LogP contribution in [0.3, 0.4) is 0 Å². The number of amides is 1. The van der Waals surface area contributed by atoms with Gasteiger partial charge in [0.15, 0.2) is 0 Å². The quantitative estimate of drug-likeness (QED) is 0.749. The molecule has 0 aromatic carbocycles. The number of hydrogen-bond acceptors (Lipinski definition) is 3. The fraction of sp³-hybridized carbons (Fsp3) is 0.929. The highest BCUT2D eigenvalue weighted by atomic mass is 16.2. The van der Waals surface area contributed by atoms with Crippen molar-refractivity contribution in [1.82, 2.24) is 15.1 Å². The number of piperidine rings is 1. The van der Waals surface area contributed by atoms with Crippen molar-refractivity contribution in [2.45, 2.75) is 56.7 Å². The van der Waals surface area contributed by atoms with Crippen LogP contribution < -0.4 is 5.32 Å². The maximum atomic E-state index is 12.5. The summed E-state index contributed by atoms with van der Waals surface area (Å²) in [5.41, 5.74) is 0. The highest BCUT2D eigenvalue weighted by molar-refractivity contribution is 5.82. The van der Waals surface area contributed by atoms with Crippen LogP contribution in [0.15, 0.2) is 0 Å². The van der Waals surface area contributed by atoms with Gasteiger partial charge in [-0.15, -0.1) is 0 Å². The molecule has 3 aliphatic heterocycles. The third kappa shape index (κ3) is 2.28. The maximum absolute atomic E-state index is 12.5. The Kier molecular flexibility index (Phi) is 3.57. The highest BCUT2D eigenvalue weighted by Crippen LogP contribution is 2.28. The number of likely N-dealkylation sites (tertiary alicyclic amines) is 1. The molecule has 0 aromatic rings. The lowest BCUT2D eigenvalue weighted by molar-refractivity contribution is -0.134. The summed E-state index contributed by atoms with van der Waals surface area (Å²) in [5.74, 6) is 0.357. The van der Waals surface area contributed by atoms with E-state index in [9.17, 15) is 4.79 Å². The lowest BCUT2D eigenvalue weighted by Crippen LogP contribution is -2.50. The summed E-state index contributed by atoms with van der Waals surface area (Å²) in [6.07, 6.45) is 7.19. The van der Waals surface area contributed by atoms with Crippen molar-refractivity contribution in [2.24, 2.45) is 0 Å². The second kappa shape index (κ2) is 5.17. The Bertz CT molecular complexity index is 314. The van der Waals surface area contributed by atoms with Crippen LogP contribution >= 0.6 is 0 Å². The molecule has 18 heavy (non-hydrogen) atoms. The molecule has 0 saturated carbocycles. The molecule has 3 fully saturated rings. The van der Waals surface area contributed by atoms with E-state index in [0.29, 0.717) is 18.0 Å². The van der Waals surface area contributed by atoms with Gasteiger partial charge in [0, 0.05) is 25.2 Å². The van der Waals surface area contributed by atoms with Gasteiger partial charge in [-0.05, 0) is 45.7 Å². The molecule has 0 aromatic heterocycles. The van der Waals surface area contributed by atoms with Crippen LogP contribution in [0.25, 0.3) is 0 Å². The molecular formula is C14H25N3O. The summed E-state index contributed by atoms with van der Waals surface area (Å²) >= 11 is 0. The molecule has 2 bridgehead atoms. The molecule has 4 heteroatoms. The minimum Gasteiger partial charge on any atom is -0.340 e. The molecule has 0 spiro atoms. The molecule has 3 saturated heterocycles. The largest absolute Gasteiger partial charge is 0.340 e. The maximum Gasteiger partial charge on any atom is 0.239 e. The van der Waals surface area contributed by atoms with Crippen LogP contribution in [0.1, 0.15) is 38.5 Å². The van der Waals surface area contributed by atoms with Gasteiger partial charge in [-0.2, -0.15) is 0 Å². The summed E-state index contributed by atoms with van der Waals surface area (Å²) in [5, 5.41) is 3.39. The van der Waals surface area contributed by atoms with Crippen molar-refractivity contribution >= 4 is 5.91 Å². The zero-order valence-electron chi connectivity index (χ0n) is 11.4. The van der Waals surface area contributed by atoms with Gasteiger partial charge in [-0.3, -0.25) is 9.69 Å². The van der Waals surface area contributed by atoms with Crippen LogP contribution in [-0.2, 0) is 4.79 Å². The Labute approximate surface area is 110 Å². The van der Waals surface area contributed by atoms with Gasteiger partial charge >= 0.3 is 0 Å². The van der Waals surface area contributed by atoms with E-state index in [1.165, 1.54) is 25.7 Å². The van der Waals surface area contributed by atoms with Gasteiger partial charge in [0.2, 0.25) is 5.91 Å². The Hall–Kier alpha value is -0.610. The molecule has 1 N–H and O–H groups in total. The summed E-state index contributed by atoms with van der Waals surface area (Å²) < 4.78 is 0. The first-order valence-electron chi connectivity index (χ1n) is 7.50. The molecule has 2 unspecified atom stereocenters. The lowest BCUT2D eigenvalue weighted by atomic mass is 10.0. The van der Waals surface area contributed by atoms with E-state index in [1.807, 2.05) is 0 Å². The minimum atomic E-state index is 0.0979. The molecule has 4 nitrogen and oxygen atoms in total. The zero-order valence-corrected chi connectivity index (χ0v) is 11.4. The van der Waals surface area contributed by atoms with Gasteiger partial charge in [0.1, 0.15) is 0 Å². The first-order chi connectivity index (χ1) is 8.75. The van der Waals surface area contributed by atoms with Gasteiger partial charge in [-0.1, -0.05) is 6.42 Å². The number of fused-ring (bicyclic) bond motifs is 2. The van der Waals surface area contributed by atoms with Crippen LogP contribution in [0.2, 0.25) is 0 Å². The predicted octanol–water partition coefficient (Wildman–Crippen LogP) is 0.824. The van der Waals surface area contributed by atoms with Gasteiger partial charge < -0.3 is 10.2 Å². The predicted molar refractivity (Wildman–Crippen MR) is 71.4 cm³/mol. The summed E-state index contributed by atoms with van der Waals surface area (Å²) in [6.45, 7) is 2.92. The minimum absolute atomic E-state index is 0.0979. The van der Waals surface area contributed by atoms with Gasteiger partial charge in [-0.25, -0.2) is 0 Å². The topological polar surface area (TPSA) is 35.6 Å². The Morgan fingerprint density at radius 3 is 2.72 bits per heavy atom. The molecule has 0 radical (unpaired) electrons. The molecule has 102 valence electrons. The van der Waals surface area contributed by atoms with E-state index < -0.39 is 0 Å². The first kappa shape index (κ1) is 12.4. The van der Waals surface area contributed by atoms with E-state index >= 15 is 0 Å². The molecule has 3 atom stereocenters. The highest BCUT2D eigenvalue weighted by Gasteiger charge is 2.37. The SMILES string of the molecule is CN1C2CCC1CN(C(=O)[C@@H]1CCCCN1)CC2. The van der Waals surface area contributed by atoms with Crippen molar-refractivity contribution in [3.63, 3.8) is 0 Å². The Morgan fingerprint density at radius 2 is 1.94 bits per heavy atom. The fourth-order valence-corrected chi connectivity index (χ4v) is 3.79. The molecule has 3 rings (SSSR count). The van der Waals surface area contributed by atoms with Crippen LogP contribution in [0.5, 0.6) is 0 Å².